The Balaban J connectivity index is 1.54. The third kappa shape index (κ3) is 3.17. The van der Waals surface area contributed by atoms with E-state index in [0.29, 0.717) is 18.9 Å². The maximum Gasteiger partial charge on any atom is 0.407 e. The van der Waals surface area contributed by atoms with Gasteiger partial charge in [-0.1, -0.05) is 30.3 Å². The molecule has 134 valence electrons. The fourth-order valence-electron chi connectivity index (χ4n) is 2.90. The van der Waals surface area contributed by atoms with Crippen LogP contribution in [0.25, 0.3) is 17.0 Å². The van der Waals surface area contributed by atoms with E-state index in [1.807, 2.05) is 50.2 Å². The first-order valence-electron chi connectivity index (χ1n) is 8.58. The Kier molecular flexibility index (Phi) is 4.16. The molecule has 1 amide bonds. The van der Waals surface area contributed by atoms with Crippen molar-refractivity contribution >= 4 is 17.7 Å². The quantitative estimate of drug-likeness (QED) is 0.774. The van der Waals surface area contributed by atoms with E-state index in [0.717, 1.165) is 17.1 Å². The molecule has 0 radical (unpaired) electrons. The van der Waals surface area contributed by atoms with E-state index in [9.17, 15) is 4.79 Å². The van der Waals surface area contributed by atoms with Crippen molar-refractivity contribution in [1.29, 1.82) is 0 Å². The molecule has 0 aliphatic carbocycles. The van der Waals surface area contributed by atoms with Crippen LogP contribution in [0.1, 0.15) is 13.8 Å². The van der Waals surface area contributed by atoms with Gasteiger partial charge in [-0.2, -0.15) is 14.6 Å². The number of amides is 1. The number of carbonyl (C=O) groups excluding carboxylic acids is 1. The number of hydrogen-bond donors (Lipinski definition) is 1. The van der Waals surface area contributed by atoms with Crippen LogP contribution in [-0.4, -0.2) is 50.9 Å². The zero-order valence-corrected chi connectivity index (χ0v) is 14.7. The van der Waals surface area contributed by atoms with Crippen molar-refractivity contribution in [1.82, 2.24) is 24.9 Å². The second-order valence-corrected chi connectivity index (χ2v) is 6.57. The molecule has 0 saturated carbocycles. The first-order valence-corrected chi connectivity index (χ1v) is 8.58. The van der Waals surface area contributed by atoms with Crippen LogP contribution in [0.2, 0.25) is 0 Å². The molecule has 3 heterocycles. The highest BCUT2D eigenvalue weighted by Crippen LogP contribution is 2.27. The molecular weight excluding hydrogens is 332 g/mol. The summed E-state index contributed by atoms with van der Waals surface area (Å²) in [5.41, 5.74) is 1.85. The normalized spacial score (nSPS) is 14.5. The zero-order valence-electron chi connectivity index (χ0n) is 14.7. The summed E-state index contributed by atoms with van der Waals surface area (Å²) in [5, 5.41) is 7.00. The summed E-state index contributed by atoms with van der Waals surface area (Å²) in [5.74, 6) is 1.43. The molecule has 8 nitrogen and oxygen atoms in total. The summed E-state index contributed by atoms with van der Waals surface area (Å²) in [6.07, 6.45) is 0.973. The smallest absolute Gasteiger partial charge is 0.407 e. The van der Waals surface area contributed by atoms with Gasteiger partial charge in [0.05, 0.1) is 18.8 Å². The second-order valence-electron chi connectivity index (χ2n) is 6.57. The average Bonchev–Trinajstić information content (AvgIpc) is 3.06. The van der Waals surface area contributed by atoms with Gasteiger partial charge in [-0.15, -0.1) is 0 Å². The molecule has 1 aliphatic rings. The van der Waals surface area contributed by atoms with E-state index in [-0.39, 0.29) is 18.2 Å². The molecule has 26 heavy (non-hydrogen) atoms. The summed E-state index contributed by atoms with van der Waals surface area (Å²) < 4.78 is 7.11. The van der Waals surface area contributed by atoms with Crippen molar-refractivity contribution in [2.45, 2.75) is 26.0 Å². The standard InChI is InChI=1S/C18H20N6O2/c1-12(2)21-18(25)26-14-9-23(10-14)16-8-15(13-6-4-3-5-7-13)22-17-19-11-20-24(16)17/h3-8,11-12,14H,9-10H2,1-2H3,(H,21,25). The molecular formula is C18H20N6O2. The fourth-order valence-corrected chi connectivity index (χ4v) is 2.90. The number of nitrogens with zero attached hydrogens (tertiary/aromatic N) is 5. The zero-order chi connectivity index (χ0) is 18.1. The van der Waals surface area contributed by atoms with Crippen LogP contribution < -0.4 is 10.2 Å². The number of anilines is 1. The molecule has 4 rings (SSSR count). The Bertz CT molecular complexity index is 918. The Morgan fingerprint density at radius 2 is 2.04 bits per heavy atom. The Hall–Kier alpha value is -3.16. The largest absolute Gasteiger partial charge is 0.442 e. The Morgan fingerprint density at radius 3 is 2.77 bits per heavy atom. The molecule has 2 aromatic heterocycles. The van der Waals surface area contributed by atoms with Gasteiger partial charge in [-0.05, 0) is 13.8 Å². The molecule has 1 fully saturated rings. The maximum absolute atomic E-state index is 11.7. The SMILES string of the molecule is CC(C)NC(=O)OC1CN(c2cc(-c3ccccc3)nc3ncnn23)C1. The molecule has 1 aliphatic heterocycles. The Morgan fingerprint density at radius 1 is 1.27 bits per heavy atom. The summed E-state index contributed by atoms with van der Waals surface area (Å²) in [6.45, 7) is 5.02. The number of alkyl carbamates (subject to hydrolysis) is 1. The van der Waals surface area contributed by atoms with Crippen molar-refractivity contribution < 1.29 is 9.53 Å². The first-order chi connectivity index (χ1) is 12.6. The van der Waals surface area contributed by atoms with E-state index < -0.39 is 0 Å². The Labute approximate surface area is 150 Å². The number of aromatic nitrogens is 4. The molecule has 0 spiro atoms. The van der Waals surface area contributed by atoms with Crippen LogP contribution in [0.4, 0.5) is 10.6 Å². The number of carbonyl (C=O) groups is 1. The summed E-state index contributed by atoms with van der Waals surface area (Å²) in [6, 6.07) is 12.0. The minimum atomic E-state index is -0.379. The van der Waals surface area contributed by atoms with Crippen molar-refractivity contribution in [3.63, 3.8) is 0 Å². The topological polar surface area (TPSA) is 84.6 Å². The van der Waals surface area contributed by atoms with Crippen LogP contribution in [0.5, 0.6) is 0 Å². The minimum Gasteiger partial charge on any atom is -0.442 e. The van der Waals surface area contributed by atoms with Gasteiger partial charge in [0.25, 0.3) is 5.78 Å². The predicted molar refractivity (Wildman–Crippen MR) is 97.0 cm³/mol. The molecule has 1 N–H and O–H groups in total. The first kappa shape index (κ1) is 16.3. The van der Waals surface area contributed by atoms with Crippen molar-refractivity contribution in [3.05, 3.63) is 42.7 Å². The molecule has 3 aromatic rings. The van der Waals surface area contributed by atoms with Crippen molar-refractivity contribution in [2.75, 3.05) is 18.0 Å². The summed E-state index contributed by atoms with van der Waals surface area (Å²) in [7, 11) is 0. The molecule has 0 unspecified atom stereocenters. The summed E-state index contributed by atoms with van der Waals surface area (Å²) in [4.78, 5) is 22.6. The maximum atomic E-state index is 11.7. The lowest BCUT2D eigenvalue weighted by atomic mass is 10.1. The average molecular weight is 352 g/mol. The second kappa shape index (κ2) is 6.62. The molecule has 1 aromatic carbocycles. The highest BCUT2D eigenvalue weighted by atomic mass is 16.6. The van der Waals surface area contributed by atoms with Crippen LogP contribution in [0.15, 0.2) is 42.7 Å². The lowest BCUT2D eigenvalue weighted by molar-refractivity contribution is 0.0789. The van der Waals surface area contributed by atoms with E-state index in [4.69, 9.17) is 4.74 Å². The minimum absolute atomic E-state index is 0.0575. The number of ether oxygens (including phenoxy) is 1. The third-order valence-corrected chi connectivity index (χ3v) is 4.15. The van der Waals surface area contributed by atoms with Gasteiger partial charge in [0.2, 0.25) is 0 Å². The van der Waals surface area contributed by atoms with Gasteiger partial charge in [0.15, 0.2) is 0 Å². The number of fused-ring (bicyclic) bond motifs is 1. The van der Waals surface area contributed by atoms with Gasteiger partial charge < -0.3 is 15.0 Å². The van der Waals surface area contributed by atoms with Crippen molar-refractivity contribution in [3.8, 4) is 11.3 Å². The number of hydrogen-bond acceptors (Lipinski definition) is 6. The van der Waals surface area contributed by atoms with Gasteiger partial charge in [-0.25, -0.2) is 9.78 Å². The van der Waals surface area contributed by atoms with E-state index >= 15 is 0 Å². The van der Waals surface area contributed by atoms with E-state index in [1.54, 1.807) is 4.52 Å². The lowest BCUT2D eigenvalue weighted by Gasteiger charge is -2.39. The number of benzene rings is 1. The van der Waals surface area contributed by atoms with Gasteiger partial charge in [0, 0.05) is 17.7 Å². The monoisotopic (exact) mass is 352 g/mol. The van der Waals surface area contributed by atoms with Gasteiger partial charge in [-0.3, -0.25) is 0 Å². The van der Waals surface area contributed by atoms with Crippen LogP contribution in [0.3, 0.4) is 0 Å². The molecule has 1 saturated heterocycles. The van der Waals surface area contributed by atoms with Crippen molar-refractivity contribution in [2.24, 2.45) is 0 Å². The van der Waals surface area contributed by atoms with E-state index in [1.165, 1.54) is 6.33 Å². The van der Waals surface area contributed by atoms with E-state index in [2.05, 4.69) is 25.3 Å². The van der Waals surface area contributed by atoms with Crippen LogP contribution >= 0.6 is 0 Å². The number of nitrogens with one attached hydrogen (secondary N) is 1. The number of rotatable bonds is 4. The predicted octanol–water partition coefficient (Wildman–Crippen LogP) is 2.11. The van der Waals surface area contributed by atoms with Crippen LogP contribution in [0, 0.1) is 0 Å². The highest BCUT2D eigenvalue weighted by Gasteiger charge is 2.32. The fraction of sp³-hybridized carbons (Fsp3) is 0.333. The molecule has 0 atom stereocenters. The highest BCUT2D eigenvalue weighted by molar-refractivity contribution is 5.69. The summed E-state index contributed by atoms with van der Waals surface area (Å²) >= 11 is 0. The van der Waals surface area contributed by atoms with Crippen LogP contribution in [-0.2, 0) is 4.74 Å². The third-order valence-electron chi connectivity index (χ3n) is 4.15. The van der Waals surface area contributed by atoms with Gasteiger partial charge in [0.1, 0.15) is 18.2 Å². The lowest BCUT2D eigenvalue weighted by Crippen LogP contribution is -2.55. The molecule has 8 heteroatoms. The molecule has 0 bridgehead atoms. The van der Waals surface area contributed by atoms with Gasteiger partial charge >= 0.3 is 6.09 Å².